The second-order valence-electron chi connectivity index (χ2n) is 8.10. The molecule has 0 bridgehead atoms. The van der Waals surface area contributed by atoms with Crippen molar-refractivity contribution in [2.45, 2.75) is 12.8 Å². The Balaban J connectivity index is 1.42. The average Bonchev–Trinajstić information content (AvgIpc) is 3.43. The summed E-state index contributed by atoms with van der Waals surface area (Å²) < 4.78 is 15.9. The smallest absolute Gasteiger partial charge is 0.267 e. The molecule has 1 heterocycles. The molecule has 2 amide bonds. The van der Waals surface area contributed by atoms with Crippen molar-refractivity contribution in [1.29, 1.82) is 0 Å². The maximum atomic E-state index is 13.0. The molecule has 0 saturated carbocycles. The Labute approximate surface area is 209 Å². The van der Waals surface area contributed by atoms with Crippen molar-refractivity contribution in [3.05, 3.63) is 102 Å². The van der Waals surface area contributed by atoms with E-state index in [9.17, 15) is 9.59 Å². The van der Waals surface area contributed by atoms with Crippen LogP contribution in [0.3, 0.4) is 0 Å². The predicted octanol–water partition coefficient (Wildman–Crippen LogP) is 4.97. The zero-order valence-corrected chi connectivity index (χ0v) is 20.2. The van der Waals surface area contributed by atoms with Crippen LogP contribution in [0.4, 0.5) is 0 Å². The molecule has 0 fully saturated rings. The number of rotatable bonds is 10. The summed E-state index contributed by atoms with van der Waals surface area (Å²) in [4.78, 5) is 25.9. The lowest BCUT2D eigenvalue weighted by atomic mass is 10.0. The first-order valence-electron chi connectivity index (χ1n) is 11.6. The molecule has 0 aliphatic heterocycles. The van der Waals surface area contributed by atoms with Gasteiger partial charge in [-0.15, -0.1) is 0 Å². The van der Waals surface area contributed by atoms with E-state index in [-0.39, 0.29) is 5.70 Å². The van der Waals surface area contributed by atoms with E-state index in [1.54, 1.807) is 30.3 Å². The van der Waals surface area contributed by atoms with Crippen molar-refractivity contribution in [3.8, 4) is 11.5 Å². The van der Waals surface area contributed by atoms with Gasteiger partial charge < -0.3 is 24.5 Å². The number of methoxy groups -OCH3 is 2. The van der Waals surface area contributed by atoms with Crippen LogP contribution in [0.15, 0.2) is 89.2 Å². The van der Waals surface area contributed by atoms with Crippen LogP contribution in [-0.2, 0) is 11.2 Å². The number of ether oxygens (including phenoxy) is 2. The van der Waals surface area contributed by atoms with Gasteiger partial charge in [0, 0.05) is 18.2 Å². The van der Waals surface area contributed by atoms with Gasteiger partial charge >= 0.3 is 0 Å². The minimum absolute atomic E-state index is 0.0786. The van der Waals surface area contributed by atoms with Gasteiger partial charge in [0.2, 0.25) is 0 Å². The van der Waals surface area contributed by atoms with E-state index >= 15 is 0 Å². The van der Waals surface area contributed by atoms with E-state index in [2.05, 4.69) is 34.9 Å². The van der Waals surface area contributed by atoms with Crippen LogP contribution in [0.1, 0.15) is 28.1 Å². The van der Waals surface area contributed by atoms with Gasteiger partial charge in [-0.25, -0.2) is 0 Å². The second kappa shape index (κ2) is 11.8. The molecule has 7 nitrogen and oxygen atoms in total. The fourth-order valence-electron chi connectivity index (χ4n) is 3.93. The lowest BCUT2D eigenvalue weighted by molar-refractivity contribution is -0.117. The molecule has 0 atom stereocenters. The van der Waals surface area contributed by atoms with Gasteiger partial charge in [0.25, 0.3) is 11.8 Å². The quantitative estimate of drug-likeness (QED) is 0.245. The summed E-state index contributed by atoms with van der Waals surface area (Å²) in [6, 6.07) is 22.7. The van der Waals surface area contributed by atoms with Crippen LogP contribution in [0.2, 0.25) is 0 Å². The molecular weight excluding hydrogens is 456 g/mol. The molecular formula is C29H28N2O5. The summed E-state index contributed by atoms with van der Waals surface area (Å²) in [7, 11) is 3.01. The molecule has 1 aromatic heterocycles. The summed E-state index contributed by atoms with van der Waals surface area (Å²) in [6.45, 7) is 0.448. The molecule has 0 aliphatic carbocycles. The van der Waals surface area contributed by atoms with Crippen LogP contribution >= 0.6 is 0 Å². The Bertz CT molecular complexity index is 1370. The molecule has 2 N–H and O–H groups in total. The summed E-state index contributed by atoms with van der Waals surface area (Å²) in [5, 5.41) is 8.01. The molecule has 0 aliphatic rings. The molecule has 0 saturated heterocycles. The molecule has 7 heteroatoms. The first-order chi connectivity index (χ1) is 17.6. The van der Waals surface area contributed by atoms with Crippen molar-refractivity contribution in [2.24, 2.45) is 0 Å². The summed E-state index contributed by atoms with van der Waals surface area (Å²) in [5.41, 5.74) is 1.63. The van der Waals surface area contributed by atoms with Gasteiger partial charge in [0.05, 0.1) is 20.5 Å². The van der Waals surface area contributed by atoms with E-state index in [4.69, 9.17) is 13.9 Å². The van der Waals surface area contributed by atoms with E-state index in [0.717, 1.165) is 12.8 Å². The maximum Gasteiger partial charge on any atom is 0.267 e. The third-order valence-corrected chi connectivity index (χ3v) is 5.76. The minimum atomic E-state index is -0.459. The number of furan rings is 1. The van der Waals surface area contributed by atoms with Crippen LogP contribution in [0.25, 0.3) is 16.8 Å². The van der Waals surface area contributed by atoms with Gasteiger partial charge in [-0.1, -0.05) is 42.5 Å². The standard InChI is InChI=1S/C29H28N2O5/c1-34-26-15-14-22(18-27(26)35-2)28(32)31-25(19-23-12-7-17-36-23)29(33)30-16-6-11-21-10-5-9-20-8-3-4-13-24(20)21/h3-5,7-10,12-15,17-19H,6,11,16H2,1-2H3,(H,30,33)(H,31,32)/b25-19-. The van der Waals surface area contributed by atoms with Gasteiger partial charge in [0.1, 0.15) is 11.5 Å². The second-order valence-corrected chi connectivity index (χ2v) is 8.10. The monoisotopic (exact) mass is 484 g/mol. The van der Waals surface area contributed by atoms with Crippen LogP contribution in [-0.4, -0.2) is 32.6 Å². The normalized spacial score (nSPS) is 11.2. The van der Waals surface area contributed by atoms with Gasteiger partial charge in [0.15, 0.2) is 11.5 Å². The molecule has 4 rings (SSSR count). The van der Waals surface area contributed by atoms with Crippen molar-refractivity contribution >= 4 is 28.7 Å². The van der Waals surface area contributed by atoms with E-state index in [1.807, 2.05) is 18.2 Å². The highest BCUT2D eigenvalue weighted by Gasteiger charge is 2.17. The highest BCUT2D eigenvalue weighted by molar-refractivity contribution is 6.05. The fraction of sp³-hybridized carbons (Fsp3) is 0.172. The molecule has 3 aromatic carbocycles. The zero-order chi connectivity index (χ0) is 25.3. The van der Waals surface area contributed by atoms with Crippen molar-refractivity contribution in [3.63, 3.8) is 0 Å². The van der Waals surface area contributed by atoms with Crippen molar-refractivity contribution in [1.82, 2.24) is 10.6 Å². The summed E-state index contributed by atoms with van der Waals surface area (Å²) in [5.74, 6) is 0.505. The number of amides is 2. The van der Waals surface area contributed by atoms with E-state index < -0.39 is 11.8 Å². The van der Waals surface area contributed by atoms with E-state index in [1.165, 1.54) is 42.9 Å². The van der Waals surface area contributed by atoms with Crippen LogP contribution in [0.5, 0.6) is 11.5 Å². The number of carbonyl (C=O) groups excluding carboxylic acids is 2. The minimum Gasteiger partial charge on any atom is -0.493 e. The molecule has 0 radical (unpaired) electrons. The zero-order valence-electron chi connectivity index (χ0n) is 20.2. The van der Waals surface area contributed by atoms with Crippen LogP contribution in [0, 0.1) is 0 Å². The van der Waals surface area contributed by atoms with Gasteiger partial charge in [-0.3, -0.25) is 9.59 Å². The lowest BCUT2D eigenvalue weighted by Crippen LogP contribution is -2.35. The third kappa shape index (κ3) is 5.93. The van der Waals surface area contributed by atoms with E-state index in [0.29, 0.717) is 29.4 Å². The topological polar surface area (TPSA) is 89.8 Å². The number of hydrogen-bond acceptors (Lipinski definition) is 5. The molecule has 0 unspecified atom stereocenters. The first kappa shape index (κ1) is 24.6. The van der Waals surface area contributed by atoms with Crippen molar-refractivity contribution in [2.75, 3.05) is 20.8 Å². The Morgan fingerprint density at radius 3 is 2.50 bits per heavy atom. The molecule has 36 heavy (non-hydrogen) atoms. The highest BCUT2D eigenvalue weighted by atomic mass is 16.5. The average molecular weight is 485 g/mol. The first-order valence-corrected chi connectivity index (χ1v) is 11.6. The SMILES string of the molecule is COc1ccc(C(=O)N/C(=C\c2ccco2)C(=O)NCCCc2cccc3ccccc23)cc1OC. The van der Waals surface area contributed by atoms with Crippen LogP contribution < -0.4 is 20.1 Å². The Kier molecular flexibility index (Phi) is 8.03. The highest BCUT2D eigenvalue weighted by Crippen LogP contribution is 2.27. The Morgan fingerprint density at radius 2 is 1.72 bits per heavy atom. The number of carbonyl (C=O) groups is 2. The van der Waals surface area contributed by atoms with Gasteiger partial charge in [-0.05, 0) is 59.5 Å². The number of fused-ring (bicyclic) bond motifs is 1. The van der Waals surface area contributed by atoms with Crippen molar-refractivity contribution < 1.29 is 23.5 Å². The maximum absolute atomic E-state index is 13.0. The summed E-state index contributed by atoms with van der Waals surface area (Å²) in [6.07, 6.45) is 4.56. The summed E-state index contributed by atoms with van der Waals surface area (Å²) >= 11 is 0. The lowest BCUT2D eigenvalue weighted by Gasteiger charge is -2.13. The predicted molar refractivity (Wildman–Crippen MR) is 139 cm³/mol. The Morgan fingerprint density at radius 1 is 0.917 bits per heavy atom. The largest absolute Gasteiger partial charge is 0.493 e. The Hall–Kier alpha value is -4.52. The number of benzene rings is 3. The molecule has 184 valence electrons. The number of aryl methyl sites for hydroxylation is 1. The molecule has 4 aromatic rings. The van der Waals surface area contributed by atoms with Gasteiger partial charge in [-0.2, -0.15) is 0 Å². The third-order valence-electron chi connectivity index (χ3n) is 5.76. The number of hydrogen-bond donors (Lipinski definition) is 2. The fourth-order valence-corrected chi connectivity index (χ4v) is 3.93. The number of nitrogens with one attached hydrogen (secondary N) is 2. The molecule has 0 spiro atoms.